The highest BCUT2D eigenvalue weighted by molar-refractivity contribution is 9.10. The number of hydrogen-bond donors (Lipinski definition) is 1. The van der Waals surface area contributed by atoms with Crippen LogP contribution >= 0.6 is 27.7 Å². The van der Waals surface area contributed by atoms with Gasteiger partial charge in [0.1, 0.15) is 5.75 Å². The molecular weight excluding hydrogens is 488 g/mol. The summed E-state index contributed by atoms with van der Waals surface area (Å²) >= 11 is 4.85. The van der Waals surface area contributed by atoms with Crippen LogP contribution in [0.3, 0.4) is 0 Å². The molecule has 0 saturated heterocycles. The Hall–Kier alpha value is -3.11. The number of hydrogen-bond acceptors (Lipinski definition) is 7. The summed E-state index contributed by atoms with van der Waals surface area (Å²) in [5.41, 5.74) is -0.0855. The lowest BCUT2D eigenvalue weighted by Gasteiger charge is -2.11. The number of methoxy groups -OCH3 is 1. The van der Waals surface area contributed by atoms with Crippen LogP contribution in [0.15, 0.2) is 64.0 Å². The van der Waals surface area contributed by atoms with Gasteiger partial charge in [-0.05, 0) is 38.8 Å². The van der Waals surface area contributed by atoms with Crippen LogP contribution in [0.1, 0.15) is 0 Å². The standard InChI is InChI=1S/C21H17BrN2O6S/c1-29-17-8-7-14(24(27)28)10-16(17)23-19(25)11-30-20(26)12-31-18-9-6-13-4-2-3-5-15(13)21(18)22/h2-10H,11-12H2,1H3,(H,23,25). The molecule has 160 valence electrons. The molecule has 1 N–H and O–H groups in total. The number of benzene rings is 3. The van der Waals surface area contributed by atoms with Crippen LogP contribution < -0.4 is 10.1 Å². The van der Waals surface area contributed by atoms with Crippen LogP contribution in [0.4, 0.5) is 11.4 Å². The van der Waals surface area contributed by atoms with Crippen molar-refractivity contribution in [2.24, 2.45) is 0 Å². The molecule has 3 aromatic rings. The molecule has 0 saturated carbocycles. The number of carbonyl (C=O) groups is 2. The molecule has 0 radical (unpaired) electrons. The summed E-state index contributed by atoms with van der Waals surface area (Å²) in [6, 6.07) is 15.5. The van der Waals surface area contributed by atoms with Crippen molar-refractivity contribution in [2.75, 3.05) is 24.8 Å². The molecule has 8 nitrogen and oxygen atoms in total. The number of carbonyl (C=O) groups excluding carboxylic acids is 2. The molecule has 0 unspecified atom stereocenters. The van der Waals surface area contributed by atoms with E-state index in [4.69, 9.17) is 9.47 Å². The lowest BCUT2D eigenvalue weighted by atomic mass is 10.1. The lowest BCUT2D eigenvalue weighted by Crippen LogP contribution is -2.22. The number of halogens is 1. The zero-order valence-corrected chi connectivity index (χ0v) is 18.7. The Morgan fingerprint density at radius 1 is 1.16 bits per heavy atom. The summed E-state index contributed by atoms with van der Waals surface area (Å²) in [6.07, 6.45) is 0. The third kappa shape index (κ3) is 5.74. The number of nitrogens with zero attached hydrogens (tertiary/aromatic N) is 1. The molecule has 0 aliphatic heterocycles. The number of anilines is 1. The Kier molecular flexibility index (Phi) is 7.48. The minimum atomic E-state index is -0.635. The summed E-state index contributed by atoms with van der Waals surface area (Å²) in [6.45, 7) is -0.524. The summed E-state index contributed by atoms with van der Waals surface area (Å²) in [4.78, 5) is 35.4. The van der Waals surface area contributed by atoms with Gasteiger partial charge in [0.05, 0.1) is 23.5 Å². The van der Waals surface area contributed by atoms with Crippen molar-refractivity contribution in [1.82, 2.24) is 0 Å². The molecule has 0 atom stereocenters. The van der Waals surface area contributed by atoms with Crippen LogP contribution in [-0.4, -0.2) is 36.3 Å². The highest BCUT2D eigenvalue weighted by Gasteiger charge is 2.15. The quantitative estimate of drug-likeness (QED) is 0.203. The van der Waals surface area contributed by atoms with E-state index in [0.29, 0.717) is 0 Å². The first-order valence-electron chi connectivity index (χ1n) is 8.97. The fraction of sp³-hybridized carbons (Fsp3) is 0.143. The van der Waals surface area contributed by atoms with Crippen molar-refractivity contribution in [2.45, 2.75) is 4.90 Å². The van der Waals surface area contributed by atoms with Crippen molar-refractivity contribution < 1.29 is 24.0 Å². The van der Waals surface area contributed by atoms with Crippen molar-refractivity contribution in [3.63, 3.8) is 0 Å². The Morgan fingerprint density at radius 2 is 1.94 bits per heavy atom. The third-order valence-corrected chi connectivity index (χ3v) is 6.35. The van der Waals surface area contributed by atoms with Gasteiger partial charge in [0.2, 0.25) is 0 Å². The van der Waals surface area contributed by atoms with Gasteiger partial charge in [-0.1, -0.05) is 30.3 Å². The highest BCUT2D eigenvalue weighted by atomic mass is 79.9. The minimum Gasteiger partial charge on any atom is -0.495 e. The van der Waals surface area contributed by atoms with E-state index in [-0.39, 0.29) is 22.9 Å². The molecule has 0 aromatic heterocycles. The Labute approximate surface area is 190 Å². The fourth-order valence-electron chi connectivity index (χ4n) is 2.74. The van der Waals surface area contributed by atoms with Crippen molar-refractivity contribution in [1.29, 1.82) is 0 Å². The first-order valence-corrected chi connectivity index (χ1v) is 10.7. The average molecular weight is 505 g/mol. The molecule has 0 spiro atoms. The summed E-state index contributed by atoms with van der Waals surface area (Å²) in [5, 5.41) is 15.5. The predicted octanol–water partition coefficient (Wildman–Crippen LogP) is 4.79. The number of non-ortho nitro benzene ring substituents is 1. The monoisotopic (exact) mass is 504 g/mol. The molecule has 3 rings (SSSR count). The zero-order valence-electron chi connectivity index (χ0n) is 16.3. The first-order chi connectivity index (χ1) is 14.9. The highest BCUT2D eigenvalue weighted by Crippen LogP contribution is 2.34. The predicted molar refractivity (Wildman–Crippen MR) is 122 cm³/mol. The number of rotatable bonds is 8. The van der Waals surface area contributed by atoms with Gasteiger partial charge in [0, 0.05) is 21.5 Å². The van der Waals surface area contributed by atoms with Gasteiger partial charge in [0.15, 0.2) is 6.61 Å². The van der Waals surface area contributed by atoms with Gasteiger partial charge < -0.3 is 14.8 Å². The third-order valence-electron chi connectivity index (χ3n) is 4.21. The second-order valence-corrected chi connectivity index (χ2v) is 8.05. The van der Waals surface area contributed by atoms with Crippen LogP contribution in [0, 0.1) is 10.1 Å². The van der Waals surface area contributed by atoms with E-state index in [9.17, 15) is 19.7 Å². The van der Waals surface area contributed by atoms with Gasteiger partial charge in [0.25, 0.3) is 11.6 Å². The number of esters is 1. The number of thioether (sulfide) groups is 1. The number of nitro groups is 1. The van der Waals surface area contributed by atoms with Crippen LogP contribution in [0.25, 0.3) is 10.8 Å². The second kappa shape index (κ2) is 10.3. The normalized spacial score (nSPS) is 10.5. The van der Waals surface area contributed by atoms with Gasteiger partial charge in [-0.3, -0.25) is 19.7 Å². The summed E-state index contributed by atoms with van der Waals surface area (Å²) in [5.74, 6) is -0.929. The molecule has 31 heavy (non-hydrogen) atoms. The topological polar surface area (TPSA) is 108 Å². The van der Waals surface area contributed by atoms with Gasteiger partial charge in [-0.25, -0.2) is 0 Å². The van der Waals surface area contributed by atoms with E-state index >= 15 is 0 Å². The molecule has 1 amide bonds. The lowest BCUT2D eigenvalue weighted by molar-refractivity contribution is -0.384. The van der Waals surface area contributed by atoms with Crippen LogP contribution in [0.5, 0.6) is 5.75 Å². The maximum absolute atomic E-state index is 12.1. The number of nitrogens with one attached hydrogen (secondary N) is 1. The van der Waals surface area contributed by atoms with E-state index in [2.05, 4.69) is 21.2 Å². The second-order valence-electron chi connectivity index (χ2n) is 6.24. The van der Waals surface area contributed by atoms with E-state index < -0.39 is 23.4 Å². The molecule has 0 heterocycles. The van der Waals surface area contributed by atoms with E-state index in [1.165, 1.54) is 37.1 Å². The summed E-state index contributed by atoms with van der Waals surface area (Å²) < 4.78 is 11.0. The van der Waals surface area contributed by atoms with E-state index in [0.717, 1.165) is 20.1 Å². The van der Waals surface area contributed by atoms with E-state index in [1.807, 2.05) is 36.4 Å². The molecule has 3 aromatic carbocycles. The van der Waals surface area contributed by atoms with Crippen molar-refractivity contribution in [3.05, 3.63) is 69.2 Å². The van der Waals surface area contributed by atoms with Gasteiger partial charge in [-0.2, -0.15) is 0 Å². The maximum atomic E-state index is 12.1. The molecule has 0 aliphatic carbocycles. The van der Waals surface area contributed by atoms with Crippen LogP contribution in [-0.2, 0) is 14.3 Å². The van der Waals surface area contributed by atoms with Crippen LogP contribution in [0.2, 0.25) is 0 Å². The Bertz CT molecular complexity index is 1150. The number of amides is 1. The molecular formula is C21H17BrN2O6S. The van der Waals surface area contributed by atoms with Gasteiger partial charge in [-0.15, -0.1) is 11.8 Å². The largest absolute Gasteiger partial charge is 0.495 e. The molecule has 0 bridgehead atoms. The first kappa shape index (κ1) is 22.6. The fourth-order valence-corrected chi connectivity index (χ4v) is 4.34. The Morgan fingerprint density at radius 3 is 2.68 bits per heavy atom. The number of nitro benzene ring substituents is 1. The Balaban J connectivity index is 1.54. The van der Waals surface area contributed by atoms with Gasteiger partial charge >= 0.3 is 5.97 Å². The average Bonchev–Trinajstić information content (AvgIpc) is 2.77. The number of ether oxygens (including phenoxy) is 2. The molecule has 0 aliphatic rings. The maximum Gasteiger partial charge on any atom is 0.316 e. The smallest absolute Gasteiger partial charge is 0.316 e. The SMILES string of the molecule is COc1ccc([N+](=O)[O-])cc1NC(=O)COC(=O)CSc1ccc2ccccc2c1Br. The minimum absolute atomic E-state index is 0.0182. The number of fused-ring (bicyclic) bond motifs is 1. The summed E-state index contributed by atoms with van der Waals surface area (Å²) in [7, 11) is 1.37. The van der Waals surface area contributed by atoms with Crippen molar-refractivity contribution in [3.8, 4) is 5.75 Å². The van der Waals surface area contributed by atoms with E-state index in [1.54, 1.807) is 0 Å². The molecule has 0 fully saturated rings. The molecule has 10 heteroatoms. The zero-order chi connectivity index (χ0) is 22.4. The van der Waals surface area contributed by atoms with Crippen molar-refractivity contribution >= 4 is 61.7 Å².